The molecule has 4 nitrogen and oxygen atoms in total. The highest BCUT2D eigenvalue weighted by Gasteiger charge is 2.27. The van der Waals surface area contributed by atoms with E-state index in [9.17, 15) is 5.11 Å². The molecular formula is C13H22ClNO3. The Balaban J connectivity index is 0.00000289. The molecule has 0 radical (unpaired) electrons. The van der Waals surface area contributed by atoms with Crippen molar-refractivity contribution in [3.63, 3.8) is 0 Å². The average Bonchev–Trinajstić information content (AvgIpc) is 2.36. The third-order valence-corrected chi connectivity index (χ3v) is 3.02. The van der Waals surface area contributed by atoms with Crippen LogP contribution >= 0.6 is 12.4 Å². The first kappa shape index (κ1) is 17.0. The van der Waals surface area contributed by atoms with Crippen molar-refractivity contribution < 1.29 is 14.6 Å². The van der Waals surface area contributed by atoms with E-state index in [0.717, 1.165) is 5.56 Å². The van der Waals surface area contributed by atoms with Crippen molar-refractivity contribution in [1.29, 1.82) is 0 Å². The lowest BCUT2D eigenvalue weighted by molar-refractivity contribution is 0.132. The number of aliphatic hydroxyl groups excluding tert-OH is 1. The second-order valence-corrected chi connectivity index (χ2v) is 4.74. The predicted molar refractivity (Wildman–Crippen MR) is 74.6 cm³/mol. The van der Waals surface area contributed by atoms with E-state index >= 15 is 0 Å². The van der Waals surface area contributed by atoms with Crippen molar-refractivity contribution in [2.75, 3.05) is 20.8 Å². The Morgan fingerprint density at radius 1 is 1.22 bits per heavy atom. The van der Waals surface area contributed by atoms with Crippen molar-refractivity contribution in [3.05, 3.63) is 23.8 Å². The van der Waals surface area contributed by atoms with E-state index in [1.54, 1.807) is 14.2 Å². The van der Waals surface area contributed by atoms with Crippen molar-refractivity contribution in [1.82, 2.24) is 0 Å². The van der Waals surface area contributed by atoms with Gasteiger partial charge in [-0.15, -0.1) is 12.4 Å². The molecule has 104 valence electrons. The lowest BCUT2D eigenvalue weighted by atomic mass is 9.82. The van der Waals surface area contributed by atoms with Gasteiger partial charge in [0.05, 0.1) is 14.2 Å². The first-order valence-corrected chi connectivity index (χ1v) is 5.54. The SMILES string of the molecule is COc1ccc([C@@H](N)C(C)(C)CO)cc1OC.Cl. The van der Waals surface area contributed by atoms with E-state index in [4.69, 9.17) is 15.2 Å². The number of hydrogen-bond donors (Lipinski definition) is 2. The molecule has 0 spiro atoms. The quantitative estimate of drug-likeness (QED) is 0.864. The van der Waals surface area contributed by atoms with Crippen LogP contribution in [0.4, 0.5) is 0 Å². The Labute approximate surface area is 115 Å². The predicted octanol–water partition coefficient (Wildman–Crippen LogP) is 2.14. The number of methoxy groups -OCH3 is 2. The average molecular weight is 276 g/mol. The van der Waals surface area contributed by atoms with Crippen LogP contribution in [-0.4, -0.2) is 25.9 Å². The fraction of sp³-hybridized carbons (Fsp3) is 0.538. The van der Waals surface area contributed by atoms with Crippen LogP contribution in [0.15, 0.2) is 18.2 Å². The maximum absolute atomic E-state index is 9.32. The van der Waals surface area contributed by atoms with Crippen LogP contribution in [0.25, 0.3) is 0 Å². The molecule has 5 heteroatoms. The first-order chi connectivity index (χ1) is 7.96. The summed E-state index contributed by atoms with van der Waals surface area (Å²) >= 11 is 0. The summed E-state index contributed by atoms with van der Waals surface area (Å²) in [5.41, 5.74) is 6.68. The molecule has 0 aliphatic rings. The molecule has 1 aromatic carbocycles. The zero-order valence-electron chi connectivity index (χ0n) is 11.3. The molecule has 0 heterocycles. The van der Waals surface area contributed by atoms with Gasteiger partial charge in [0.2, 0.25) is 0 Å². The minimum absolute atomic E-state index is 0. The number of hydrogen-bond acceptors (Lipinski definition) is 4. The van der Waals surface area contributed by atoms with E-state index in [-0.39, 0.29) is 30.5 Å². The van der Waals surface area contributed by atoms with Crippen molar-refractivity contribution >= 4 is 12.4 Å². The van der Waals surface area contributed by atoms with Gasteiger partial charge < -0.3 is 20.3 Å². The molecule has 0 aromatic heterocycles. The van der Waals surface area contributed by atoms with E-state index in [2.05, 4.69) is 0 Å². The van der Waals surface area contributed by atoms with E-state index in [0.29, 0.717) is 11.5 Å². The minimum atomic E-state index is -0.375. The molecule has 3 N–H and O–H groups in total. The lowest BCUT2D eigenvalue weighted by Crippen LogP contribution is -2.32. The van der Waals surface area contributed by atoms with Gasteiger partial charge in [0.15, 0.2) is 11.5 Å². The van der Waals surface area contributed by atoms with E-state index in [1.165, 1.54) is 0 Å². The van der Waals surface area contributed by atoms with Crippen molar-refractivity contribution in [2.45, 2.75) is 19.9 Å². The molecule has 1 rings (SSSR count). The summed E-state index contributed by atoms with van der Waals surface area (Å²) in [5, 5.41) is 9.32. The molecule has 0 unspecified atom stereocenters. The Morgan fingerprint density at radius 3 is 2.22 bits per heavy atom. The lowest BCUT2D eigenvalue weighted by Gasteiger charge is -2.30. The fourth-order valence-corrected chi connectivity index (χ4v) is 1.60. The van der Waals surface area contributed by atoms with Gasteiger partial charge in [-0.1, -0.05) is 19.9 Å². The van der Waals surface area contributed by atoms with Crippen LogP contribution in [0.2, 0.25) is 0 Å². The van der Waals surface area contributed by atoms with Crippen LogP contribution in [0.1, 0.15) is 25.5 Å². The highest BCUT2D eigenvalue weighted by atomic mass is 35.5. The van der Waals surface area contributed by atoms with Gasteiger partial charge >= 0.3 is 0 Å². The Hall–Kier alpha value is -0.970. The van der Waals surface area contributed by atoms with E-state index < -0.39 is 0 Å². The number of rotatable bonds is 5. The molecule has 1 atom stereocenters. The van der Waals surface area contributed by atoms with Crippen LogP contribution in [0.3, 0.4) is 0 Å². The van der Waals surface area contributed by atoms with Gasteiger partial charge in [-0.25, -0.2) is 0 Å². The number of benzene rings is 1. The second-order valence-electron chi connectivity index (χ2n) is 4.74. The Morgan fingerprint density at radius 2 is 1.78 bits per heavy atom. The summed E-state index contributed by atoms with van der Waals surface area (Å²) in [7, 11) is 3.18. The molecule has 0 saturated carbocycles. The molecule has 1 aromatic rings. The van der Waals surface area contributed by atoms with Gasteiger partial charge in [-0.3, -0.25) is 0 Å². The molecule has 0 amide bonds. The molecule has 0 aliphatic heterocycles. The fourth-order valence-electron chi connectivity index (χ4n) is 1.60. The van der Waals surface area contributed by atoms with Crippen LogP contribution < -0.4 is 15.2 Å². The summed E-state index contributed by atoms with van der Waals surface area (Å²) in [4.78, 5) is 0. The normalized spacial score (nSPS) is 12.6. The minimum Gasteiger partial charge on any atom is -0.493 e. The summed E-state index contributed by atoms with van der Waals surface area (Å²) < 4.78 is 10.4. The molecule has 18 heavy (non-hydrogen) atoms. The number of aliphatic hydroxyl groups is 1. The van der Waals surface area contributed by atoms with E-state index in [1.807, 2.05) is 32.0 Å². The highest BCUT2D eigenvalue weighted by molar-refractivity contribution is 5.85. The number of halogens is 1. The molecular weight excluding hydrogens is 254 g/mol. The van der Waals surface area contributed by atoms with Gasteiger partial charge in [0.25, 0.3) is 0 Å². The largest absolute Gasteiger partial charge is 0.493 e. The summed E-state index contributed by atoms with van der Waals surface area (Å²) in [6.07, 6.45) is 0. The maximum atomic E-state index is 9.32. The maximum Gasteiger partial charge on any atom is 0.161 e. The van der Waals surface area contributed by atoms with Gasteiger partial charge in [-0.05, 0) is 17.7 Å². The Bertz CT molecular complexity index is 382. The number of ether oxygens (including phenoxy) is 2. The van der Waals surface area contributed by atoms with Crippen LogP contribution in [0, 0.1) is 5.41 Å². The summed E-state index contributed by atoms with van der Waals surface area (Å²) in [6.45, 7) is 3.88. The van der Waals surface area contributed by atoms with Crippen LogP contribution in [0.5, 0.6) is 11.5 Å². The summed E-state index contributed by atoms with van der Waals surface area (Å²) in [6, 6.07) is 5.30. The Kier molecular flexibility index (Phi) is 6.46. The van der Waals surface area contributed by atoms with Crippen LogP contribution in [-0.2, 0) is 0 Å². The van der Waals surface area contributed by atoms with Crippen molar-refractivity contribution in [2.24, 2.45) is 11.1 Å². The molecule has 0 bridgehead atoms. The zero-order valence-corrected chi connectivity index (χ0v) is 12.1. The molecule has 0 aliphatic carbocycles. The molecule has 0 saturated heterocycles. The zero-order chi connectivity index (χ0) is 13.1. The standard InChI is InChI=1S/C13H21NO3.ClH/c1-13(2,8-15)12(14)9-5-6-10(16-3)11(7-9)17-4;/h5-7,12,15H,8,14H2,1-4H3;1H/t12-;/m1./s1. The highest BCUT2D eigenvalue weighted by Crippen LogP contribution is 2.35. The van der Waals surface area contributed by atoms with Crippen molar-refractivity contribution in [3.8, 4) is 11.5 Å². The third-order valence-electron chi connectivity index (χ3n) is 3.02. The monoisotopic (exact) mass is 275 g/mol. The van der Waals surface area contributed by atoms with Gasteiger partial charge in [0.1, 0.15) is 0 Å². The van der Waals surface area contributed by atoms with Gasteiger partial charge in [0, 0.05) is 18.1 Å². The number of nitrogens with two attached hydrogens (primary N) is 1. The topological polar surface area (TPSA) is 64.7 Å². The van der Waals surface area contributed by atoms with Gasteiger partial charge in [-0.2, -0.15) is 0 Å². The summed E-state index contributed by atoms with van der Waals surface area (Å²) in [5.74, 6) is 1.32. The molecule has 0 fully saturated rings. The smallest absolute Gasteiger partial charge is 0.161 e. The first-order valence-electron chi connectivity index (χ1n) is 5.54. The second kappa shape index (κ2) is 6.83. The third kappa shape index (κ3) is 3.51.